The summed E-state index contributed by atoms with van der Waals surface area (Å²) in [6.07, 6.45) is 1.99. The molecular weight excluding hydrogens is 508 g/mol. The Morgan fingerprint density at radius 2 is 1.15 bits per heavy atom. The molecule has 5 heteroatoms. The summed E-state index contributed by atoms with van der Waals surface area (Å²) in [6.45, 7) is 1.71. The Kier molecular flexibility index (Phi) is 7.46. The van der Waals surface area contributed by atoms with Crippen LogP contribution in [0.2, 0.25) is 0 Å². The fourth-order valence-electron chi connectivity index (χ4n) is 6.91. The zero-order valence-electron chi connectivity index (χ0n) is 23.2. The molecule has 0 atom stereocenters. The summed E-state index contributed by atoms with van der Waals surface area (Å²) in [5, 5.41) is 12.2. The first-order valence-electron chi connectivity index (χ1n) is 14.5. The zero-order valence-corrected chi connectivity index (χ0v) is 23.2. The van der Waals surface area contributed by atoms with E-state index in [4.69, 9.17) is 0 Å². The second kappa shape index (κ2) is 11.3. The summed E-state index contributed by atoms with van der Waals surface area (Å²) in [4.78, 5) is 31.2. The second-order valence-corrected chi connectivity index (χ2v) is 11.3. The number of rotatable bonds is 7. The molecule has 0 saturated carbocycles. The average molecular weight is 545 g/mol. The van der Waals surface area contributed by atoms with Crippen molar-refractivity contribution in [1.29, 1.82) is 0 Å². The predicted molar refractivity (Wildman–Crippen MR) is 160 cm³/mol. The van der Waals surface area contributed by atoms with Crippen LogP contribution in [0.15, 0.2) is 121 Å². The van der Waals surface area contributed by atoms with E-state index < -0.39 is 11.0 Å². The third kappa shape index (κ3) is 4.85. The van der Waals surface area contributed by atoms with Crippen molar-refractivity contribution in [3.63, 3.8) is 0 Å². The van der Waals surface area contributed by atoms with Gasteiger partial charge in [0.2, 0.25) is 11.8 Å². The van der Waals surface area contributed by atoms with Crippen LogP contribution in [0.4, 0.5) is 0 Å². The monoisotopic (exact) mass is 544 g/mol. The topological polar surface area (TPSA) is 60.9 Å². The van der Waals surface area contributed by atoms with Crippen LogP contribution in [0.3, 0.4) is 0 Å². The van der Waals surface area contributed by atoms with Gasteiger partial charge >= 0.3 is 0 Å². The summed E-state index contributed by atoms with van der Waals surface area (Å²) in [6, 6.07) is 39.5. The molecule has 4 aromatic rings. The van der Waals surface area contributed by atoms with E-state index >= 15 is 0 Å². The van der Waals surface area contributed by atoms with Crippen molar-refractivity contribution in [3.8, 4) is 0 Å². The number of carbonyl (C=O) groups excluding carboxylic acids is 2. The van der Waals surface area contributed by atoms with Gasteiger partial charge in [-0.1, -0.05) is 121 Å². The van der Waals surface area contributed by atoms with Crippen LogP contribution < -0.4 is 0 Å². The van der Waals surface area contributed by atoms with Gasteiger partial charge in [0.25, 0.3) is 0 Å². The Bertz CT molecular complexity index is 1390. The van der Waals surface area contributed by atoms with E-state index in [1.165, 1.54) is 0 Å². The number of carbonyl (C=O) groups is 2. The van der Waals surface area contributed by atoms with Crippen LogP contribution in [0.5, 0.6) is 0 Å². The predicted octanol–water partition coefficient (Wildman–Crippen LogP) is 5.38. The number of piperidine rings is 1. The first-order chi connectivity index (χ1) is 20.0. The summed E-state index contributed by atoms with van der Waals surface area (Å²) in [7, 11) is 0. The molecule has 4 aromatic carbocycles. The van der Waals surface area contributed by atoms with E-state index in [0.29, 0.717) is 38.9 Å². The van der Waals surface area contributed by atoms with Gasteiger partial charge in [-0.3, -0.25) is 9.59 Å². The molecule has 2 amide bonds. The molecule has 2 aliphatic heterocycles. The molecule has 6 rings (SSSR count). The van der Waals surface area contributed by atoms with Crippen molar-refractivity contribution in [2.75, 3.05) is 26.2 Å². The average Bonchev–Trinajstić information content (AvgIpc) is 3.38. The summed E-state index contributed by atoms with van der Waals surface area (Å²) in [5.41, 5.74) is 1.76. The Balaban J connectivity index is 1.17. The number of likely N-dealkylation sites (tertiary alicyclic amines) is 2. The van der Waals surface area contributed by atoms with Crippen LogP contribution in [-0.2, 0) is 20.6 Å². The third-order valence-electron chi connectivity index (χ3n) is 9.13. The van der Waals surface area contributed by atoms with Gasteiger partial charge in [0.05, 0.1) is 6.54 Å². The largest absolute Gasteiger partial charge is 0.380 e. The van der Waals surface area contributed by atoms with Crippen LogP contribution in [0.1, 0.15) is 41.5 Å². The molecule has 0 aliphatic carbocycles. The lowest BCUT2D eigenvalue weighted by atomic mass is 9.72. The van der Waals surface area contributed by atoms with Gasteiger partial charge < -0.3 is 14.9 Å². The molecule has 0 bridgehead atoms. The molecule has 0 spiro atoms. The maximum absolute atomic E-state index is 14.1. The zero-order chi connectivity index (χ0) is 28.3. The van der Waals surface area contributed by atoms with Crippen molar-refractivity contribution in [2.45, 2.75) is 30.3 Å². The minimum Gasteiger partial charge on any atom is -0.380 e. The highest BCUT2D eigenvalue weighted by Gasteiger charge is 2.50. The lowest BCUT2D eigenvalue weighted by Gasteiger charge is -2.42. The summed E-state index contributed by atoms with van der Waals surface area (Å²) in [5.74, 6) is -0.0778. The molecule has 2 saturated heterocycles. The lowest BCUT2D eigenvalue weighted by molar-refractivity contribution is -0.141. The van der Waals surface area contributed by atoms with Crippen LogP contribution in [0, 0.1) is 5.92 Å². The van der Waals surface area contributed by atoms with Crippen molar-refractivity contribution in [2.24, 2.45) is 5.92 Å². The molecule has 0 unspecified atom stereocenters. The van der Waals surface area contributed by atoms with E-state index in [1.807, 2.05) is 126 Å². The number of hydrogen-bond acceptors (Lipinski definition) is 3. The summed E-state index contributed by atoms with van der Waals surface area (Å²) >= 11 is 0. The minimum atomic E-state index is -1.13. The Labute approximate surface area is 242 Å². The van der Waals surface area contributed by atoms with E-state index in [9.17, 15) is 14.7 Å². The minimum absolute atomic E-state index is 0.0133. The molecule has 1 N–H and O–H groups in total. The number of nitrogens with zero attached hydrogens (tertiary/aromatic N) is 2. The van der Waals surface area contributed by atoms with E-state index in [-0.39, 0.29) is 24.3 Å². The smallest absolute Gasteiger partial charge is 0.242 e. The van der Waals surface area contributed by atoms with Crippen LogP contribution >= 0.6 is 0 Å². The third-order valence-corrected chi connectivity index (χ3v) is 9.13. The first-order valence-corrected chi connectivity index (χ1v) is 14.5. The molecule has 5 nitrogen and oxygen atoms in total. The SMILES string of the molecule is O=C(CN1CCC(c2ccccc2)(c2ccccc2)C1=O)N1CCC(C(O)(c2ccccc2)c2ccccc2)CC1. The number of amides is 2. The molecule has 208 valence electrons. The van der Waals surface area contributed by atoms with Crippen LogP contribution in [-0.4, -0.2) is 52.9 Å². The molecule has 2 heterocycles. The van der Waals surface area contributed by atoms with Gasteiger partial charge in [-0.2, -0.15) is 0 Å². The maximum atomic E-state index is 14.1. The van der Waals surface area contributed by atoms with E-state index in [0.717, 1.165) is 22.3 Å². The van der Waals surface area contributed by atoms with Gasteiger partial charge in [0.15, 0.2) is 0 Å². The van der Waals surface area contributed by atoms with Gasteiger partial charge in [-0.05, 0) is 47.4 Å². The molecule has 2 fully saturated rings. The lowest BCUT2D eigenvalue weighted by Crippen LogP contribution is -2.49. The molecule has 2 aliphatic rings. The Hall–Kier alpha value is -4.22. The van der Waals surface area contributed by atoms with Crippen molar-refractivity contribution < 1.29 is 14.7 Å². The second-order valence-electron chi connectivity index (χ2n) is 11.3. The standard InChI is InChI=1S/C36H36N2O3/c39-33(27-38-26-23-35(34(38)40,28-13-5-1-6-14-28)29-15-7-2-8-16-29)37-24-21-32(22-25-37)36(41,30-17-9-3-10-18-30)31-19-11-4-12-20-31/h1-20,32,41H,21-27H2. The van der Waals surface area contributed by atoms with Gasteiger partial charge in [-0.25, -0.2) is 0 Å². The number of hydrogen-bond donors (Lipinski definition) is 1. The summed E-state index contributed by atoms with van der Waals surface area (Å²) < 4.78 is 0. The molecule has 0 radical (unpaired) electrons. The molecule has 41 heavy (non-hydrogen) atoms. The maximum Gasteiger partial charge on any atom is 0.242 e. The first kappa shape index (κ1) is 27.0. The fraction of sp³-hybridized carbons (Fsp3) is 0.278. The normalized spacial score (nSPS) is 17.5. The molecule has 0 aromatic heterocycles. The Morgan fingerprint density at radius 3 is 1.61 bits per heavy atom. The number of aliphatic hydroxyl groups is 1. The highest BCUT2D eigenvalue weighted by atomic mass is 16.3. The number of benzene rings is 4. The van der Waals surface area contributed by atoms with Gasteiger partial charge in [-0.15, -0.1) is 0 Å². The fourth-order valence-corrected chi connectivity index (χ4v) is 6.91. The van der Waals surface area contributed by atoms with Crippen molar-refractivity contribution in [1.82, 2.24) is 9.80 Å². The molecular formula is C36H36N2O3. The highest BCUT2D eigenvalue weighted by Crippen LogP contribution is 2.43. The van der Waals surface area contributed by atoms with Crippen molar-refractivity contribution in [3.05, 3.63) is 144 Å². The van der Waals surface area contributed by atoms with E-state index in [2.05, 4.69) is 0 Å². The Morgan fingerprint density at radius 1 is 0.707 bits per heavy atom. The van der Waals surface area contributed by atoms with Crippen molar-refractivity contribution >= 4 is 11.8 Å². The quantitative estimate of drug-likeness (QED) is 0.340. The highest BCUT2D eigenvalue weighted by molar-refractivity contribution is 5.96. The van der Waals surface area contributed by atoms with E-state index in [1.54, 1.807) is 4.90 Å². The van der Waals surface area contributed by atoms with Gasteiger partial charge in [0, 0.05) is 19.6 Å². The van der Waals surface area contributed by atoms with Gasteiger partial charge in [0.1, 0.15) is 11.0 Å². The van der Waals surface area contributed by atoms with Crippen LogP contribution in [0.25, 0.3) is 0 Å².